The minimum atomic E-state index is -2.89. The number of halogens is 4. The molecule has 4 rings (SSSR count). The zero-order valence-electron chi connectivity index (χ0n) is 16.9. The van der Waals surface area contributed by atoms with Crippen molar-refractivity contribution < 1.29 is 22.7 Å². The molecule has 168 valence electrons. The number of benzene rings is 2. The maximum absolute atomic E-state index is 13.2. The molecule has 3 aromatic rings. The number of carbonyl (C=O) groups excluding carboxylic acids is 1. The smallest absolute Gasteiger partial charge is 0.387 e. The predicted octanol–water partition coefficient (Wildman–Crippen LogP) is 4.43. The summed E-state index contributed by atoms with van der Waals surface area (Å²) in [4.78, 5) is 16.7. The number of aromatic nitrogens is 2. The summed E-state index contributed by atoms with van der Waals surface area (Å²) in [5, 5.41) is 7.31. The van der Waals surface area contributed by atoms with Crippen molar-refractivity contribution in [2.24, 2.45) is 0 Å². The summed E-state index contributed by atoms with van der Waals surface area (Å²) in [7, 11) is 0. The quantitative estimate of drug-likeness (QED) is 0.586. The van der Waals surface area contributed by atoms with Crippen LogP contribution < -0.4 is 4.74 Å². The van der Waals surface area contributed by atoms with Gasteiger partial charge in [0.1, 0.15) is 17.3 Å². The monoisotopic (exact) mass is 464 g/mol. The highest BCUT2D eigenvalue weighted by Gasteiger charge is 2.24. The minimum Gasteiger partial charge on any atom is -0.435 e. The fourth-order valence-electron chi connectivity index (χ4n) is 3.56. The van der Waals surface area contributed by atoms with Crippen LogP contribution >= 0.6 is 11.6 Å². The molecule has 1 aromatic heterocycles. The zero-order valence-corrected chi connectivity index (χ0v) is 17.7. The van der Waals surface area contributed by atoms with Crippen molar-refractivity contribution in [3.8, 4) is 17.0 Å². The van der Waals surface area contributed by atoms with Crippen LogP contribution in [0.1, 0.15) is 16.1 Å². The van der Waals surface area contributed by atoms with Gasteiger partial charge < -0.3 is 9.64 Å². The molecule has 0 atom stereocenters. The fraction of sp³-hybridized carbons (Fsp3) is 0.273. The molecule has 2 heterocycles. The molecule has 1 fully saturated rings. The van der Waals surface area contributed by atoms with E-state index in [0.717, 1.165) is 5.56 Å². The number of nitrogens with zero attached hydrogens (tertiary/aromatic N) is 3. The molecule has 1 amide bonds. The van der Waals surface area contributed by atoms with Gasteiger partial charge in [0.25, 0.3) is 5.91 Å². The largest absolute Gasteiger partial charge is 0.435 e. The van der Waals surface area contributed by atoms with Crippen LogP contribution in [-0.4, -0.2) is 58.7 Å². The van der Waals surface area contributed by atoms with Crippen LogP contribution in [0.4, 0.5) is 13.2 Å². The van der Waals surface area contributed by atoms with E-state index in [-0.39, 0.29) is 17.5 Å². The van der Waals surface area contributed by atoms with Gasteiger partial charge in [0.2, 0.25) is 0 Å². The number of H-pyrrole nitrogens is 1. The van der Waals surface area contributed by atoms with E-state index in [0.29, 0.717) is 54.7 Å². The third kappa shape index (κ3) is 5.23. The molecule has 0 radical (unpaired) electrons. The van der Waals surface area contributed by atoms with Gasteiger partial charge in [-0.25, -0.2) is 4.39 Å². The molecule has 1 aliphatic heterocycles. The number of carbonyl (C=O) groups is 1. The van der Waals surface area contributed by atoms with E-state index in [2.05, 4.69) is 19.8 Å². The Morgan fingerprint density at radius 2 is 1.81 bits per heavy atom. The molecule has 1 saturated heterocycles. The van der Waals surface area contributed by atoms with Gasteiger partial charge in [-0.05, 0) is 48.0 Å². The molecule has 1 N–H and O–H groups in total. The summed E-state index contributed by atoms with van der Waals surface area (Å²) in [6.45, 7) is 0.0827. The highest BCUT2D eigenvalue weighted by Crippen LogP contribution is 2.23. The van der Waals surface area contributed by atoms with Gasteiger partial charge in [-0.15, -0.1) is 0 Å². The van der Waals surface area contributed by atoms with Crippen molar-refractivity contribution in [2.45, 2.75) is 13.2 Å². The van der Waals surface area contributed by atoms with E-state index in [9.17, 15) is 18.0 Å². The number of hydrogen-bond donors (Lipinski definition) is 1. The summed E-state index contributed by atoms with van der Waals surface area (Å²) >= 11 is 6.11. The molecule has 0 spiro atoms. The van der Waals surface area contributed by atoms with E-state index in [4.69, 9.17) is 11.6 Å². The first kappa shape index (κ1) is 22.2. The van der Waals surface area contributed by atoms with E-state index < -0.39 is 6.61 Å². The van der Waals surface area contributed by atoms with Crippen LogP contribution in [0, 0.1) is 5.82 Å². The summed E-state index contributed by atoms with van der Waals surface area (Å²) in [6.07, 6.45) is 0. The number of hydrogen-bond acceptors (Lipinski definition) is 4. The number of amides is 1. The standard InChI is InChI=1S/C22H20ClF3N4O2/c23-18-11-16(24)4-1-15(18)13-29-7-9-30(10-8-29)21(31)20-12-19(27-28-20)14-2-5-17(6-3-14)32-22(25)26/h1-6,11-12,22H,7-10,13H2,(H,27,28). The predicted molar refractivity (Wildman–Crippen MR) is 113 cm³/mol. The first-order valence-corrected chi connectivity index (χ1v) is 10.3. The van der Waals surface area contributed by atoms with E-state index in [1.807, 2.05) is 0 Å². The number of alkyl halides is 2. The maximum atomic E-state index is 13.2. The van der Waals surface area contributed by atoms with Crippen LogP contribution in [0.5, 0.6) is 5.75 Å². The third-order valence-electron chi connectivity index (χ3n) is 5.25. The molecule has 6 nitrogen and oxygen atoms in total. The molecule has 0 bridgehead atoms. The molecule has 0 unspecified atom stereocenters. The van der Waals surface area contributed by atoms with Crippen LogP contribution in [0.25, 0.3) is 11.3 Å². The number of aromatic amines is 1. The Morgan fingerprint density at radius 3 is 2.47 bits per heavy atom. The molecular weight excluding hydrogens is 445 g/mol. The first-order chi connectivity index (χ1) is 15.4. The van der Waals surface area contributed by atoms with Crippen LogP contribution in [0.15, 0.2) is 48.5 Å². The van der Waals surface area contributed by atoms with Crippen LogP contribution in [0.2, 0.25) is 5.02 Å². The topological polar surface area (TPSA) is 61.5 Å². The zero-order chi connectivity index (χ0) is 22.7. The van der Waals surface area contributed by atoms with Gasteiger partial charge in [-0.2, -0.15) is 13.9 Å². The third-order valence-corrected chi connectivity index (χ3v) is 5.60. The van der Waals surface area contributed by atoms with E-state index in [1.165, 1.54) is 24.3 Å². The van der Waals surface area contributed by atoms with Crippen molar-refractivity contribution in [3.05, 3.63) is 70.6 Å². The molecule has 32 heavy (non-hydrogen) atoms. The molecule has 0 saturated carbocycles. The molecule has 10 heteroatoms. The van der Waals surface area contributed by atoms with Crippen molar-refractivity contribution in [2.75, 3.05) is 26.2 Å². The van der Waals surface area contributed by atoms with Gasteiger partial charge in [0, 0.05) is 43.3 Å². The van der Waals surface area contributed by atoms with Crippen LogP contribution in [0.3, 0.4) is 0 Å². The van der Waals surface area contributed by atoms with E-state index in [1.54, 1.807) is 29.2 Å². The second-order valence-corrected chi connectivity index (χ2v) is 7.78. The lowest BCUT2D eigenvalue weighted by atomic mass is 10.1. The number of nitrogens with one attached hydrogen (secondary N) is 1. The summed E-state index contributed by atoms with van der Waals surface area (Å²) < 4.78 is 42.1. The second-order valence-electron chi connectivity index (χ2n) is 7.37. The average molecular weight is 465 g/mol. The Hall–Kier alpha value is -3.04. The highest BCUT2D eigenvalue weighted by atomic mass is 35.5. The number of ether oxygens (including phenoxy) is 1. The van der Waals surface area contributed by atoms with Crippen molar-refractivity contribution in [1.82, 2.24) is 20.0 Å². The SMILES string of the molecule is O=C(c1cc(-c2ccc(OC(F)F)cc2)n[nH]1)N1CCN(Cc2ccc(F)cc2Cl)CC1. The highest BCUT2D eigenvalue weighted by molar-refractivity contribution is 6.31. The van der Waals surface area contributed by atoms with Crippen molar-refractivity contribution in [3.63, 3.8) is 0 Å². The Kier molecular flexibility index (Phi) is 6.66. The lowest BCUT2D eigenvalue weighted by molar-refractivity contribution is -0.0498. The number of piperazine rings is 1. The van der Waals surface area contributed by atoms with Crippen molar-refractivity contribution >= 4 is 17.5 Å². The summed E-state index contributed by atoms with van der Waals surface area (Å²) in [6, 6.07) is 12.0. The summed E-state index contributed by atoms with van der Waals surface area (Å²) in [5.41, 5.74) is 2.39. The maximum Gasteiger partial charge on any atom is 0.387 e. The molecular formula is C22H20ClF3N4O2. The fourth-order valence-corrected chi connectivity index (χ4v) is 3.78. The van der Waals surface area contributed by atoms with Gasteiger partial charge in [-0.3, -0.25) is 14.8 Å². The van der Waals surface area contributed by atoms with Gasteiger partial charge in [0.05, 0.1) is 5.69 Å². The lowest BCUT2D eigenvalue weighted by Crippen LogP contribution is -2.48. The molecule has 2 aromatic carbocycles. The summed E-state index contributed by atoms with van der Waals surface area (Å²) in [5.74, 6) is -0.484. The molecule has 1 aliphatic rings. The Labute approximate surface area is 187 Å². The van der Waals surface area contributed by atoms with Crippen LogP contribution in [-0.2, 0) is 6.54 Å². The average Bonchev–Trinajstić information content (AvgIpc) is 3.26. The Bertz CT molecular complexity index is 1080. The van der Waals surface area contributed by atoms with Gasteiger partial charge in [0.15, 0.2) is 0 Å². The first-order valence-electron chi connectivity index (χ1n) is 9.95. The van der Waals surface area contributed by atoms with Gasteiger partial charge in [-0.1, -0.05) is 17.7 Å². The lowest BCUT2D eigenvalue weighted by Gasteiger charge is -2.34. The number of rotatable bonds is 6. The second kappa shape index (κ2) is 9.62. The Balaban J connectivity index is 1.34. The van der Waals surface area contributed by atoms with E-state index >= 15 is 0 Å². The van der Waals surface area contributed by atoms with Gasteiger partial charge >= 0.3 is 6.61 Å². The Morgan fingerprint density at radius 1 is 1.09 bits per heavy atom. The molecule has 0 aliphatic carbocycles. The minimum absolute atomic E-state index is 0.0513. The van der Waals surface area contributed by atoms with Crippen molar-refractivity contribution in [1.29, 1.82) is 0 Å². The normalized spacial score (nSPS) is 14.7.